The number of thiazole rings is 1. The molecule has 3 aromatic rings. The Labute approximate surface area is 151 Å². The number of nitrogens with zero attached hydrogens (tertiary/aromatic N) is 1. The first kappa shape index (κ1) is 17.2. The zero-order valence-corrected chi connectivity index (χ0v) is 15.1. The monoisotopic (exact) mass is 352 g/mol. The summed E-state index contributed by atoms with van der Waals surface area (Å²) in [4.78, 5) is 16.5. The number of aryl methyl sites for hydroxylation is 2. The van der Waals surface area contributed by atoms with Gasteiger partial charge in [0.15, 0.2) is 11.7 Å². The molecule has 128 valence electrons. The third-order valence-corrected chi connectivity index (χ3v) is 4.56. The van der Waals surface area contributed by atoms with Crippen LogP contribution in [0.5, 0.6) is 5.75 Å². The SMILES string of the molecule is CCc1ccc(OCC(=O)Nc2nc(-c3ccc(C)cc3)cs2)cc1. The molecule has 1 aromatic heterocycles. The molecule has 0 bridgehead atoms. The summed E-state index contributed by atoms with van der Waals surface area (Å²) in [5.74, 6) is 0.469. The maximum absolute atomic E-state index is 12.0. The minimum atomic E-state index is -0.218. The molecule has 0 aliphatic heterocycles. The summed E-state index contributed by atoms with van der Waals surface area (Å²) in [5, 5.41) is 5.29. The highest BCUT2D eigenvalue weighted by Gasteiger charge is 2.09. The molecule has 25 heavy (non-hydrogen) atoms. The van der Waals surface area contributed by atoms with Gasteiger partial charge in [0.2, 0.25) is 0 Å². The number of nitrogens with one attached hydrogen (secondary N) is 1. The van der Waals surface area contributed by atoms with Crippen LogP contribution in [0.15, 0.2) is 53.9 Å². The number of aromatic nitrogens is 1. The fourth-order valence-electron chi connectivity index (χ4n) is 2.31. The maximum atomic E-state index is 12.0. The van der Waals surface area contributed by atoms with E-state index >= 15 is 0 Å². The number of ether oxygens (including phenoxy) is 1. The second-order valence-electron chi connectivity index (χ2n) is 5.74. The van der Waals surface area contributed by atoms with Gasteiger partial charge in [0.25, 0.3) is 5.91 Å². The molecule has 1 amide bonds. The molecule has 1 heterocycles. The van der Waals surface area contributed by atoms with E-state index in [-0.39, 0.29) is 12.5 Å². The molecule has 0 radical (unpaired) electrons. The Morgan fingerprint density at radius 2 is 1.84 bits per heavy atom. The highest BCUT2D eigenvalue weighted by molar-refractivity contribution is 7.14. The summed E-state index contributed by atoms with van der Waals surface area (Å²) in [6.45, 7) is 4.11. The highest BCUT2D eigenvalue weighted by Crippen LogP contribution is 2.25. The van der Waals surface area contributed by atoms with E-state index in [0.717, 1.165) is 17.7 Å². The van der Waals surface area contributed by atoms with E-state index < -0.39 is 0 Å². The Balaban J connectivity index is 1.55. The number of rotatable bonds is 6. The minimum absolute atomic E-state index is 0.0368. The largest absolute Gasteiger partial charge is 0.484 e. The summed E-state index contributed by atoms with van der Waals surface area (Å²) in [5.41, 5.74) is 4.34. The van der Waals surface area contributed by atoms with Crippen LogP contribution in [0.1, 0.15) is 18.1 Å². The summed E-state index contributed by atoms with van der Waals surface area (Å²) >= 11 is 1.40. The summed E-state index contributed by atoms with van der Waals surface area (Å²) < 4.78 is 5.51. The predicted molar refractivity (Wildman–Crippen MR) is 102 cm³/mol. The van der Waals surface area contributed by atoms with Crippen LogP contribution >= 0.6 is 11.3 Å². The van der Waals surface area contributed by atoms with Crippen LogP contribution in [0, 0.1) is 6.92 Å². The van der Waals surface area contributed by atoms with Crippen LogP contribution in [0.2, 0.25) is 0 Å². The van der Waals surface area contributed by atoms with Crippen molar-refractivity contribution in [3.05, 3.63) is 65.0 Å². The van der Waals surface area contributed by atoms with Crippen LogP contribution in [0.4, 0.5) is 5.13 Å². The molecule has 4 nitrogen and oxygen atoms in total. The van der Waals surface area contributed by atoms with E-state index in [1.165, 1.54) is 22.5 Å². The van der Waals surface area contributed by atoms with Crippen molar-refractivity contribution in [3.8, 4) is 17.0 Å². The van der Waals surface area contributed by atoms with Gasteiger partial charge in [0.05, 0.1) is 5.69 Å². The topological polar surface area (TPSA) is 51.2 Å². The van der Waals surface area contributed by atoms with Gasteiger partial charge in [-0.2, -0.15) is 0 Å². The van der Waals surface area contributed by atoms with Crippen molar-refractivity contribution >= 4 is 22.4 Å². The van der Waals surface area contributed by atoms with Gasteiger partial charge < -0.3 is 4.74 Å². The number of amides is 1. The van der Waals surface area contributed by atoms with Gasteiger partial charge in [-0.3, -0.25) is 10.1 Å². The summed E-state index contributed by atoms with van der Waals surface area (Å²) in [6, 6.07) is 15.9. The fourth-order valence-corrected chi connectivity index (χ4v) is 3.05. The zero-order valence-electron chi connectivity index (χ0n) is 14.3. The molecule has 0 unspecified atom stereocenters. The van der Waals surface area contributed by atoms with Gasteiger partial charge in [0.1, 0.15) is 5.75 Å². The van der Waals surface area contributed by atoms with E-state index in [0.29, 0.717) is 10.9 Å². The number of benzene rings is 2. The Kier molecular flexibility index (Phi) is 5.46. The molecule has 0 atom stereocenters. The predicted octanol–water partition coefficient (Wildman–Crippen LogP) is 4.70. The van der Waals surface area contributed by atoms with Gasteiger partial charge in [-0.05, 0) is 31.0 Å². The first-order valence-electron chi connectivity index (χ1n) is 8.18. The molecule has 0 aliphatic rings. The van der Waals surface area contributed by atoms with Crippen LogP contribution in [-0.4, -0.2) is 17.5 Å². The Hall–Kier alpha value is -2.66. The number of carbonyl (C=O) groups excluding carboxylic acids is 1. The second kappa shape index (κ2) is 7.94. The Morgan fingerprint density at radius 3 is 2.52 bits per heavy atom. The molecule has 1 N–H and O–H groups in total. The van der Waals surface area contributed by atoms with Crippen LogP contribution in [0.25, 0.3) is 11.3 Å². The van der Waals surface area contributed by atoms with E-state index in [9.17, 15) is 4.79 Å². The molecule has 0 saturated heterocycles. The second-order valence-corrected chi connectivity index (χ2v) is 6.60. The quantitative estimate of drug-likeness (QED) is 0.700. The maximum Gasteiger partial charge on any atom is 0.264 e. The number of hydrogen-bond acceptors (Lipinski definition) is 4. The lowest BCUT2D eigenvalue weighted by atomic mass is 10.1. The van der Waals surface area contributed by atoms with Gasteiger partial charge in [-0.1, -0.05) is 48.9 Å². The standard InChI is InChI=1S/C20H20N2O2S/c1-3-15-6-10-17(11-7-15)24-12-19(23)22-20-21-18(13-25-20)16-8-4-14(2)5-9-16/h4-11,13H,3,12H2,1-2H3,(H,21,22,23). The van der Waals surface area contributed by atoms with Crippen molar-refractivity contribution in [2.75, 3.05) is 11.9 Å². The molecule has 0 fully saturated rings. The third-order valence-electron chi connectivity index (χ3n) is 3.80. The number of carbonyl (C=O) groups is 1. The average Bonchev–Trinajstić information content (AvgIpc) is 3.09. The molecule has 5 heteroatoms. The summed E-state index contributed by atoms with van der Waals surface area (Å²) in [7, 11) is 0. The molecule has 0 saturated carbocycles. The van der Waals surface area contributed by atoms with Crippen molar-refractivity contribution in [2.24, 2.45) is 0 Å². The van der Waals surface area contributed by atoms with Crippen molar-refractivity contribution in [2.45, 2.75) is 20.3 Å². The van der Waals surface area contributed by atoms with E-state index in [1.54, 1.807) is 0 Å². The van der Waals surface area contributed by atoms with Gasteiger partial charge in [-0.15, -0.1) is 11.3 Å². The lowest BCUT2D eigenvalue weighted by Crippen LogP contribution is -2.20. The van der Waals surface area contributed by atoms with Crippen LogP contribution in [0.3, 0.4) is 0 Å². The Bertz CT molecular complexity index is 839. The molecule has 0 spiro atoms. The lowest BCUT2D eigenvalue weighted by Gasteiger charge is -2.06. The van der Waals surface area contributed by atoms with Crippen molar-refractivity contribution in [1.29, 1.82) is 0 Å². The zero-order chi connectivity index (χ0) is 17.6. The van der Waals surface area contributed by atoms with Crippen LogP contribution < -0.4 is 10.1 Å². The van der Waals surface area contributed by atoms with Gasteiger partial charge >= 0.3 is 0 Å². The number of hydrogen-bond donors (Lipinski definition) is 1. The molecular weight excluding hydrogens is 332 g/mol. The van der Waals surface area contributed by atoms with Crippen molar-refractivity contribution < 1.29 is 9.53 Å². The van der Waals surface area contributed by atoms with E-state index in [1.807, 2.05) is 60.8 Å². The molecule has 0 aliphatic carbocycles. The molecule has 2 aromatic carbocycles. The Morgan fingerprint density at radius 1 is 1.12 bits per heavy atom. The first-order valence-corrected chi connectivity index (χ1v) is 9.06. The minimum Gasteiger partial charge on any atom is -0.484 e. The van der Waals surface area contributed by atoms with Gasteiger partial charge in [-0.25, -0.2) is 4.98 Å². The highest BCUT2D eigenvalue weighted by atomic mass is 32.1. The lowest BCUT2D eigenvalue weighted by molar-refractivity contribution is -0.118. The smallest absolute Gasteiger partial charge is 0.264 e. The molecule has 3 rings (SSSR count). The number of anilines is 1. The summed E-state index contributed by atoms with van der Waals surface area (Å²) in [6.07, 6.45) is 0.980. The van der Waals surface area contributed by atoms with Crippen molar-refractivity contribution in [1.82, 2.24) is 4.98 Å². The van der Waals surface area contributed by atoms with Crippen LogP contribution in [-0.2, 0) is 11.2 Å². The third kappa shape index (κ3) is 4.67. The van der Waals surface area contributed by atoms with E-state index in [2.05, 4.69) is 17.2 Å². The average molecular weight is 352 g/mol. The first-order chi connectivity index (χ1) is 12.1. The molecular formula is C20H20N2O2S. The fraction of sp³-hybridized carbons (Fsp3) is 0.200. The van der Waals surface area contributed by atoms with E-state index in [4.69, 9.17) is 4.74 Å². The van der Waals surface area contributed by atoms with Gasteiger partial charge in [0, 0.05) is 10.9 Å². The van der Waals surface area contributed by atoms with Crippen molar-refractivity contribution in [3.63, 3.8) is 0 Å². The normalized spacial score (nSPS) is 10.5.